The summed E-state index contributed by atoms with van der Waals surface area (Å²) in [6.07, 6.45) is -0.476. The van der Waals surface area contributed by atoms with Crippen molar-refractivity contribution in [1.82, 2.24) is 4.72 Å². The molecule has 5 nitrogen and oxygen atoms in total. The number of hydrogen-bond donors (Lipinski definition) is 1. The molecule has 1 N–H and O–H groups in total. The second-order valence-electron chi connectivity index (χ2n) is 5.18. The van der Waals surface area contributed by atoms with Crippen LogP contribution in [0.2, 0.25) is 5.02 Å². The Kier molecular flexibility index (Phi) is 6.23. The monoisotopic (exact) mass is 369 g/mol. The lowest BCUT2D eigenvalue weighted by Crippen LogP contribution is -2.30. The molecule has 7 heteroatoms. The third kappa shape index (κ3) is 4.08. The van der Waals surface area contributed by atoms with Crippen LogP contribution in [0.25, 0.3) is 0 Å². The third-order valence-corrected chi connectivity index (χ3v) is 5.71. The maximum absolute atomic E-state index is 12.6. The van der Waals surface area contributed by atoms with Gasteiger partial charge in [-0.15, -0.1) is 0 Å². The molecule has 0 radical (unpaired) electrons. The van der Waals surface area contributed by atoms with Gasteiger partial charge in [-0.25, -0.2) is 13.1 Å². The van der Waals surface area contributed by atoms with Gasteiger partial charge in [0, 0.05) is 24.2 Å². The number of benzene rings is 2. The molecule has 1 atom stereocenters. The number of ether oxygens (including phenoxy) is 2. The summed E-state index contributed by atoms with van der Waals surface area (Å²) < 4.78 is 38.4. The van der Waals surface area contributed by atoms with Crippen molar-refractivity contribution >= 4 is 21.6 Å². The van der Waals surface area contributed by atoms with Crippen molar-refractivity contribution in [2.75, 3.05) is 20.8 Å². The molecule has 0 aliphatic carbocycles. The lowest BCUT2D eigenvalue weighted by Gasteiger charge is -2.19. The van der Waals surface area contributed by atoms with Gasteiger partial charge >= 0.3 is 0 Å². The van der Waals surface area contributed by atoms with Gasteiger partial charge in [0.25, 0.3) is 0 Å². The summed E-state index contributed by atoms with van der Waals surface area (Å²) in [5.41, 5.74) is 1.28. The van der Waals surface area contributed by atoms with Crippen molar-refractivity contribution in [2.45, 2.75) is 17.9 Å². The fourth-order valence-electron chi connectivity index (χ4n) is 2.39. The first-order valence-electron chi connectivity index (χ1n) is 7.31. The van der Waals surface area contributed by atoms with Crippen LogP contribution < -0.4 is 9.46 Å². The molecule has 2 aromatic rings. The highest BCUT2D eigenvalue weighted by molar-refractivity contribution is 7.89. The van der Waals surface area contributed by atoms with Crippen LogP contribution in [0.5, 0.6) is 5.75 Å². The molecule has 0 aromatic heterocycles. The topological polar surface area (TPSA) is 64.6 Å². The molecule has 0 fully saturated rings. The van der Waals surface area contributed by atoms with E-state index < -0.39 is 16.1 Å². The Balaban J connectivity index is 2.22. The van der Waals surface area contributed by atoms with Gasteiger partial charge in [-0.2, -0.15) is 0 Å². The molecule has 0 amide bonds. The zero-order valence-electron chi connectivity index (χ0n) is 13.7. The minimum absolute atomic E-state index is 0.0746. The van der Waals surface area contributed by atoms with Gasteiger partial charge in [0.05, 0.1) is 18.1 Å². The quantitative estimate of drug-likeness (QED) is 0.813. The van der Waals surface area contributed by atoms with E-state index >= 15 is 0 Å². The number of halogens is 1. The van der Waals surface area contributed by atoms with Crippen LogP contribution >= 0.6 is 11.6 Å². The van der Waals surface area contributed by atoms with E-state index in [9.17, 15) is 8.42 Å². The summed E-state index contributed by atoms with van der Waals surface area (Å²) in [7, 11) is -0.617. The van der Waals surface area contributed by atoms with E-state index in [2.05, 4.69) is 4.72 Å². The highest BCUT2D eigenvalue weighted by Crippen LogP contribution is 2.27. The molecule has 0 heterocycles. The van der Waals surface area contributed by atoms with Crippen molar-refractivity contribution in [2.24, 2.45) is 0 Å². The largest absolute Gasteiger partial charge is 0.496 e. The number of methoxy groups -OCH3 is 2. The lowest BCUT2D eigenvalue weighted by atomic mass is 10.1. The van der Waals surface area contributed by atoms with Crippen LogP contribution in [0, 0.1) is 6.92 Å². The van der Waals surface area contributed by atoms with E-state index in [1.54, 1.807) is 32.2 Å². The fourth-order valence-corrected chi connectivity index (χ4v) is 3.92. The highest BCUT2D eigenvalue weighted by Gasteiger charge is 2.22. The molecule has 130 valence electrons. The summed E-state index contributed by atoms with van der Waals surface area (Å²) in [4.78, 5) is 0.157. The first-order chi connectivity index (χ1) is 11.4. The predicted molar refractivity (Wildman–Crippen MR) is 94.1 cm³/mol. The lowest BCUT2D eigenvalue weighted by molar-refractivity contribution is 0.105. The smallest absolute Gasteiger partial charge is 0.240 e. The Hall–Kier alpha value is -1.60. The molecule has 0 saturated carbocycles. The molecule has 24 heavy (non-hydrogen) atoms. The van der Waals surface area contributed by atoms with Gasteiger partial charge in [-0.05, 0) is 30.7 Å². The molecule has 0 bridgehead atoms. The van der Waals surface area contributed by atoms with Crippen LogP contribution in [0.1, 0.15) is 17.2 Å². The highest BCUT2D eigenvalue weighted by atomic mass is 35.5. The van der Waals surface area contributed by atoms with Crippen LogP contribution in [0.15, 0.2) is 47.4 Å². The Labute approximate surface area is 147 Å². The Morgan fingerprint density at radius 2 is 1.83 bits per heavy atom. The summed E-state index contributed by atoms with van der Waals surface area (Å²) in [6, 6.07) is 12.1. The number of para-hydroxylation sites is 1. The zero-order valence-corrected chi connectivity index (χ0v) is 15.3. The summed E-state index contributed by atoms with van der Waals surface area (Å²) in [5.74, 6) is 0.641. The number of hydrogen-bond acceptors (Lipinski definition) is 4. The van der Waals surface area contributed by atoms with Crippen molar-refractivity contribution in [3.8, 4) is 5.75 Å². The summed E-state index contributed by atoms with van der Waals surface area (Å²) >= 11 is 6.01. The Morgan fingerprint density at radius 1 is 1.12 bits per heavy atom. The van der Waals surface area contributed by atoms with Gasteiger partial charge in [-0.1, -0.05) is 35.9 Å². The maximum Gasteiger partial charge on any atom is 0.240 e. The predicted octanol–water partition coefficient (Wildman–Crippen LogP) is 3.32. The molecule has 0 aliphatic rings. The Morgan fingerprint density at radius 3 is 2.50 bits per heavy atom. The van der Waals surface area contributed by atoms with E-state index in [0.29, 0.717) is 16.3 Å². The first kappa shape index (κ1) is 18.7. The second kappa shape index (κ2) is 7.98. The molecular weight excluding hydrogens is 350 g/mol. The molecule has 0 saturated heterocycles. The number of nitrogens with one attached hydrogen (secondary N) is 1. The van der Waals surface area contributed by atoms with Crippen LogP contribution in [0.3, 0.4) is 0 Å². The average molecular weight is 370 g/mol. The number of sulfonamides is 1. The van der Waals surface area contributed by atoms with E-state index in [-0.39, 0.29) is 11.4 Å². The molecule has 0 unspecified atom stereocenters. The van der Waals surface area contributed by atoms with Gasteiger partial charge < -0.3 is 9.47 Å². The van der Waals surface area contributed by atoms with Gasteiger partial charge in [0.15, 0.2) is 0 Å². The van der Waals surface area contributed by atoms with Crippen molar-refractivity contribution < 1.29 is 17.9 Å². The normalized spacial score (nSPS) is 12.8. The van der Waals surface area contributed by atoms with Crippen molar-refractivity contribution in [3.05, 3.63) is 58.6 Å². The zero-order chi connectivity index (χ0) is 17.7. The molecule has 0 spiro atoms. The van der Waals surface area contributed by atoms with Crippen LogP contribution in [-0.4, -0.2) is 29.2 Å². The fraction of sp³-hybridized carbons (Fsp3) is 0.294. The minimum atomic E-state index is -3.70. The Bertz CT molecular complexity index is 808. The van der Waals surface area contributed by atoms with Crippen LogP contribution in [-0.2, 0) is 14.8 Å². The van der Waals surface area contributed by atoms with Crippen molar-refractivity contribution in [1.29, 1.82) is 0 Å². The standard InChI is InChI=1S/C17H20ClNO4S/c1-12-14(18)8-6-10-17(12)24(20,21)19-11-16(23-3)13-7-4-5-9-15(13)22-2/h4-10,16,19H,11H2,1-3H3/t16-/m1/s1. The summed E-state index contributed by atoms with van der Waals surface area (Å²) in [5, 5.41) is 0.408. The maximum atomic E-state index is 12.6. The van der Waals surface area contributed by atoms with E-state index in [4.69, 9.17) is 21.1 Å². The summed E-state index contributed by atoms with van der Waals surface area (Å²) in [6.45, 7) is 1.75. The van der Waals surface area contributed by atoms with Crippen LogP contribution in [0.4, 0.5) is 0 Å². The minimum Gasteiger partial charge on any atom is -0.496 e. The molecule has 2 aromatic carbocycles. The molecular formula is C17H20ClNO4S. The van der Waals surface area contributed by atoms with Gasteiger partial charge in [0.2, 0.25) is 10.0 Å². The van der Waals surface area contributed by atoms with Crippen molar-refractivity contribution in [3.63, 3.8) is 0 Å². The average Bonchev–Trinajstić information content (AvgIpc) is 2.58. The molecule has 0 aliphatic heterocycles. The van der Waals surface area contributed by atoms with Gasteiger partial charge in [-0.3, -0.25) is 0 Å². The van der Waals surface area contributed by atoms with Gasteiger partial charge in [0.1, 0.15) is 5.75 Å². The van der Waals surface area contributed by atoms with E-state index in [0.717, 1.165) is 5.56 Å². The molecule has 2 rings (SSSR count). The van der Waals surface area contributed by atoms with E-state index in [1.165, 1.54) is 13.2 Å². The SMILES string of the molecule is COc1ccccc1[C@@H](CNS(=O)(=O)c1cccc(Cl)c1C)OC. The van der Waals surface area contributed by atoms with E-state index in [1.807, 2.05) is 18.2 Å². The third-order valence-electron chi connectivity index (χ3n) is 3.74. The number of rotatable bonds is 7. The second-order valence-corrected chi connectivity index (χ2v) is 7.32. The first-order valence-corrected chi connectivity index (χ1v) is 9.17.